The summed E-state index contributed by atoms with van der Waals surface area (Å²) >= 11 is 0. The van der Waals surface area contributed by atoms with E-state index in [1.807, 2.05) is 54.6 Å². The number of hydrogen-bond acceptors (Lipinski definition) is 3. The van der Waals surface area contributed by atoms with Crippen molar-refractivity contribution < 1.29 is 14.3 Å². The monoisotopic (exact) mass is 363 g/mol. The molecule has 2 aromatic rings. The molecule has 6 nitrogen and oxygen atoms in total. The third-order valence-corrected chi connectivity index (χ3v) is 5.10. The number of likely N-dealkylation sites (N-methyl/N-ethyl adjacent to an activating group) is 1. The van der Waals surface area contributed by atoms with Crippen molar-refractivity contribution in [3.05, 3.63) is 77.0 Å². The Morgan fingerprint density at radius 2 is 1.78 bits per heavy atom. The van der Waals surface area contributed by atoms with Crippen LogP contribution in [-0.2, 0) is 11.3 Å². The fourth-order valence-corrected chi connectivity index (χ4v) is 3.60. The van der Waals surface area contributed by atoms with E-state index in [4.69, 9.17) is 4.74 Å². The topological polar surface area (TPSA) is 61.9 Å². The van der Waals surface area contributed by atoms with E-state index < -0.39 is 6.04 Å². The molecule has 0 saturated carbocycles. The molecule has 0 radical (unpaired) electrons. The number of nitrogens with zero attached hydrogens (tertiary/aromatic N) is 2. The molecule has 27 heavy (non-hydrogen) atoms. The smallest absolute Gasteiger partial charge is 0.322 e. The van der Waals surface area contributed by atoms with Crippen molar-refractivity contribution in [1.82, 2.24) is 15.1 Å². The predicted molar refractivity (Wildman–Crippen MR) is 101 cm³/mol. The second kappa shape index (κ2) is 6.79. The van der Waals surface area contributed by atoms with E-state index in [1.165, 1.54) is 4.90 Å². The number of amides is 3. The van der Waals surface area contributed by atoms with Crippen LogP contribution in [0.4, 0.5) is 4.79 Å². The van der Waals surface area contributed by atoms with Gasteiger partial charge in [0.2, 0.25) is 0 Å². The van der Waals surface area contributed by atoms with Crippen LogP contribution < -0.4 is 10.1 Å². The number of nitrogens with one attached hydrogen (secondary N) is 1. The van der Waals surface area contributed by atoms with Crippen LogP contribution >= 0.6 is 0 Å². The zero-order chi connectivity index (χ0) is 19.0. The van der Waals surface area contributed by atoms with Crippen LogP contribution in [0.25, 0.3) is 0 Å². The van der Waals surface area contributed by atoms with Gasteiger partial charge in [0.25, 0.3) is 5.91 Å². The molecule has 2 aliphatic heterocycles. The molecule has 0 aromatic heterocycles. The van der Waals surface area contributed by atoms with Gasteiger partial charge in [0.15, 0.2) is 0 Å². The van der Waals surface area contributed by atoms with E-state index >= 15 is 0 Å². The summed E-state index contributed by atoms with van der Waals surface area (Å²) in [6.07, 6.45) is 0. The Bertz CT molecular complexity index is 906. The van der Waals surface area contributed by atoms with Gasteiger partial charge in [0.1, 0.15) is 5.75 Å². The lowest BCUT2D eigenvalue weighted by molar-refractivity contribution is -0.126. The van der Waals surface area contributed by atoms with Crippen LogP contribution in [0.3, 0.4) is 0 Å². The molecule has 138 valence electrons. The number of carbonyl (C=O) groups is 2. The average Bonchev–Trinajstić information content (AvgIpc) is 3.02. The number of hydrogen-bond donors (Lipinski definition) is 1. The van der Waals surface area contributed by atoms with Crippen LogP contribution in [0.2, 0.25) is 0 Å². The SMILES string of the molecule is COc1ccc([C@H]2NC(=O)N(C)C3=C2C(=O)N(Cc2ccccc2)C3)cc1. The van der Waals surface area contributed by atoms with Crippen molar-refractivity contribution in [2.45, 2.75) is 12.6 Å². The summed E-state index contributed by atoms with van der Waals surface area (Å²) in [4.78, 5) is 28.9. The summed E-state index contributed by atoms with van der Waals surface area (Å²) in [6.45, 7) is 0.948. The lowest BCUT2D eigenvalue weighted by atomic mass is 9.95. The molecule has 0 unspecified atom stereocenters. The molecule has 2 aromatic carbocycles. The van der Waals surface area contributed by atoms with Gasteiger partial charge < -0.3 is 15.0 Å². The van der Waals surface area contributed by atoms with Gasteiger partial charge in [-0.25, -0.2) is 4.79 Å². The molecule has 0 aliphatic carbocycles. The van der Waals surface area contributed by atoms with Gasteiger partial charge in [-0.2, -0.15) is 0 Å². The molecule has 2 heterocycles. The van der Waals surface area contributed by atoms with Crippen molar-refractivity contribution in [3.8, 4) is 5.75 Å². The first-order valence-electron chi connectivity index (χ1n) is 8.83. The third-order valence-electron chi connectivity index (χ3n) is 5.10. The molecule has 1 atom stereocenters. The lowest BCUT2D eigenvalue weighted by Crippen LogP contribution is -2.45. The molecule has 1 N–H and O–H groups in total. The minimum atomic E-state index is -0.456. The van der Waals surface area contributed by atoms with Crippen LogP contribution in [0.15, 0.2) is 65.9 Å². The van der Waals surface area contributed by atoms with Gasteiger partial charge in [0.05, 0.1) is 31.0 Å². The summed E-state index contributed by atoms with van der Waals surface area (Å²) in [7, 11) is 3.31. The second-order valence-electron chi connectivity index (χ2n) is 6.72. The predicted octanol–water partition coefficient (Wildman–Crippen LogP) is 2.69. The lowest BCUT2D eigenvalue weighted by Gasteiger charge is -2.31. The number of rotatable bonds is 4. The maximum atomic E-state index is 13.2. The first kappa shape index (κ1) is 17.1. The average molecular weight is 363 g/mol. The van der Waals surface area contributed by atoms with Crippen molar-refractivity contribution >= 4 is 11.9 Å². The summed E-state index contributed by atoms with van der Waals surface area (Å²) in [5, 5.41) is 2.95. The highest BCUT2D eigenvalue weighted by atomic mass is 16.5. The van der Waals surface area contributed by atoms with E-state index in [1.54, 1.807) is 19.1 Å². The highest BCUT2D eigenvalue weighted by Crippen LogP contribution is 2.36. The van der Waals surface area contributed by atoms with Crippen LogP contribution in [0, 0.1) is 0 Å². The zero-order valence-electron chi connectivity index (χ0n) is 15.3. The first-order valence-corrected chi connectivity index (χ1v) is 8.83. The van der Waals surface area contributed by atoms with Gasteiger partial charge in [-0.15, -0.1) is 0 Å². The Morgan fingerprint density at radius 1 is 1.07 bits per heavy atom. The van der Waals surface area contributed by atoms with Gasteiger partial charge in [-0.05, 0) is 23.3 Å². The number of urea groups is 1. The van der Waals surface area contributed by atoms with E-state index in [0.29, 0.717) is 18.7 Å². The number of carbonyl (C=O) groups excluding carboxylic acids is 2. The van der Waals surface area contributed by atoms with Crippen molar-refractivity contribution in [2.24, 2.45) is 0 Å². The highest BCUT2D eigenvalue weighted by Gasteiger charge is 2.42. The minimum absolute atomic E-state index is 0.0403. The minimum Gasteiger partial charge on any atom is -0.497 e. The summed E-state index contributed by atoms with van der Waals surface area (Å²) in [5.74, 6) is 0.692. The molecule has 0 saturated heterocycles. The standard InChI is InChI=1S/C21H21N3O3/c1-23-17-13-24(12-14-6-4-3-5-7-14)20(25)18(17)19(22-21(23)26)15-8-10-16(27-2)11-9-15/h3-11,19H,12-13H2,1-2H3,(H,22,26)/t19-/m1/s1. The van der Waals surface area contributed by atoms with Crippen LogP contribution in [0.5, 0.6) is 5.75 Å². The quantitative estimate of drug-likeness (QED) is 0.909. The Morgan fingerprint density at radius 3 is 2.44 bits per heavy atom. The summed E-state index contributed by atoms with van der Waals surface area (Å²) in [5.41, 5.74) is 3.33. The zero-order valence-corrected chi connectivity index (χ0v) is 15.3. The molecular weight excluding hydrogens is 342 g/mol. The van der Waals surface area contributed by atoms with Gasteiger partial charge >= 0.3 is 6.03 Å². The van der Waals surface area contributed by atoms with E-state index in [0.717, 1.165) is 22.6 Å². The third kappa shape index (κ3) is 3.03. The number of methoxy groups -OCH3 is 1. The summed E-state index contributed by atoms with van der Waals surface area (Å²) < 4.78 is 5.20. The largest absolute Gasteiger partial charge is 0.497 e. The Balaban J connectivity index is 1.66. The second-order valence-corrected chi connectivity index (χ2v) is 6.72. The van der Waals surface area contributed by atoms with Gasteiger partial charge in [-0.3, -0.25) is 9.69 Å². The van der Waals surface area contributed by atoms with E-state index in [2.05, 4.69) is 5.32 Å². The highest BCUT2D eigenvalue weighted by molar-refractivity contribution is 6.01. The van der Waals surface area contributed by atoms with E-state index in [-0.39, 0.29) is 11.9 Å². The maximum absolute atomic E-state index is 13.2. The number of ether oxygens (including phenoxy) is 1. The number of benzene rings is 2. The molecule has 6 heteroatoms. The molecule has 0 fully saturated rings. The maximum Gasteiger partial charge on any atom is 0.322 e. The first-order chi connectivity index (χ1) is 13.1. The van der Waals surface area contributed by atoms with E-state index in [9.17, 15) is 9.59 Å². The summed E-state index contributed by atoms with van der Waals surface area (Å²) in [6, 6.07) is 16.6. The Hall–Kier alpha value is -3.28. The van der Waals surface area contributed by atoms with Gasteiger partial charge in [-0.1, -0.05) is 42.5 Å². The van der Waals surface area contributed by atoms with Crippen molar-refractivity contribution in [3.63, 3.8) is 0 Å². The van der Waals surface area contributed by atoms with Crippen molar-refractivity contribution in [1.29, 1.82) is 0 Å². The molecule has 0 bridgehead atoms. The molecule has 2 aliphatic rings. The Labute approximate surface area is 158 Å². The van der Waals surface area contributed by atoms with Gasteiger partial charge in [0, 0.05) is 13.6 Å². The fraction of sp³-hybridized carbons (Fsp3) is 0.238. The molecule has 0 spiro atoms. The van der Waals surface area contributed by atoms with Crippen LogP contribution in [0.1, 0.15) is 17.2 Å². The van der Waals surface area contributed by atoms with Crippen molar-refractivity contribution in [2.75, 3.05) is 20.7 Å². The molecule has 3 amide bonds. The molecule has 4 rings (SSSR count). The van der Waals surface area contributed by atoms with Crippen LogP contribution in [-0.4, -0.2) is 42.4 Å². The fourth-order valence-electron chi connectivity index (χ4n) is 3.60. The Kier molecular flexibility index (Phi) is 4.32. The normalized spacial score (nSPS) is 19.3. The molecular formula is C21H21N3O3.